The predicted molar refractivity (Wildman–Crippen MR) is 99.3 cm³/mol. The van der Waals surface area contributed by atoms with E-state index in [0.717, 1.165) is 12.0 Å². The second-order valence-corrected chi connectivity index (χ2v) is 7.30. The van der Waals surface area contributed by atoms with Crippen LogP contribution in [0, 0.1) is 11.8 Å². The summed E-state index contributed by atoms with van der Waals surface area (Å²) in [5.41, 5.74) is 1.98. The minimum atomic E-state index is -0.936. The van der Waals surface area contributed by atoms with Crippen LogP contribution in [-0.4, -0.2) is 47.4 Å². The molecule has 0 atom stereocenters. The predicted octanol–water partition coefficient (Wildman–Crippen LogP) is 2.96. The van der Waals surface area contributed by atoms with Crippen molar-refractivity contribution >= 4 is 17.8 Å². The number of hydrogen-bond acceptors (Lipinski definition) is 3. The average Bonchev–Trinajstić information content (AvgIpc) is 2.61. The number of likely N-dealkylation sites (tertiary alicyclic amines) is 1. The van der Waals surface area contributed by atoms with Crippen LogP contribution in [0.1, 0.15) is 49.0 Å². The van der Waals surface area contributed by atoms with Gasteiger partial charge in [0.1, 0.15) is 0 Å². The Labute approximate surface area is 154 Å². The van der Waals surface area contributed by atoms with Gasteiger partial charge in [0, 0.05) is 31.1 Å². The standard InChI is InChI=1S/C20H28N2O4/c1-14(2)13-15-3-5-16(6-4-15)19(25)17-8-11-22(12-9-17)20(26)21-10-7-18(23)24/h3-6,14,17H,7-13H2,1-2H3,(H,21,26)(H,23,24). The molecular formula is C20H28N2O4. The highest BCUT2D eigenvalue weighted by Gasteiger charge is 2.27. The molecule has 2 amide bonds. The van der Waals surface area contributed by atoms with Crippen LogP contribution in [0.25, 0.3) is 0 Å². The maximum Gasteiger partial charge on any atom is 0.317 e. The molecule has 1 aliphatic rings. The highest BCUT2D eigenvalue weighted by molar-refractivity contribution is 5.98. The highest BCUT2D eigenvalue weighted by Crippen LogP contribution is 2.22. The molecular weight excluding hydrogens is 332 g/mol. The van der Waals surface area contributed by atoms with Crippen LogP contribution in [0.5, 0.6) is 0 Å². The lowest BCUT2D eigenvalue weighted by molar-refractivity contribution is -0.136. The van der Waals surface area contributed by atoms with Crippen LogP contribution >= 0.6 is 0 Å². The Bertz CT molecular complexity index is 632. The van der Waals surface area contributed by atoms with Crippen LogP contribution in [0.2, 0.25) is 0 Å². The third-order valence-corrected chi connectivity index (χ3v) is 4.65. The Morgan fingerprint density at radius 2 is 1.77 bits per heavy atom. The molecule has 6 heteroatoms. The first kappa shape index (κ1) is 19.9. The van der Waals surface area contributed by atoms with E-state index in [2.05, 4.69) is 19.2 Å². The van der Waals surface area contributed by atoms with Crippen molar-refractivity contribution in [3.63, 3.8) is 0 Å². The third-order valence-electron chi connectivity index (χ3n) is 4.65. The minimum absolute atomic E-state index is 0.0611. The Kier molecular flexibility index (Phi) is 7.18. The lowest BCUT2D eigenvalue weighted by Gasteiger charge is -2.31. The second-order valence-electron chi connectivity index (χ2n) is 7.30. The largest absolute Gasteiger partial charge is 0.481 e. The molecule has 1 fully saturated rings. The first-order valence-corrected chi connectivity index (χ1v) is 9.24. The maximum atomic E-state index is 12.7. The van der Waals surface area contributed by atoms with Crippen molar-refractivity contribution in [2.24, 2.45) is 11.8 Å². The molecule has 0 saturated carbocycles. The zero-order valence-corrected chi connectivity index (χ0v) is 15.5. The Morgan fingerprint density at radius 3 is 2.31 bits per heavy atom. The smallest absolute Gasteiger partial charge is 0.317 e. The van der Waals surface area contributed by atoms with E-state index < -0.39 is 5.97 Å². The molecule has 6 nitrogen and oxygen atoms in total. The zero-order valence-electron chi connectivity index (χ0n) is 15.5. The van der Waals surface area contributed by atoms with Gasteiger partial charge in [-0.1, -0.05) is 38.1 Å². The van der Waals surface area contributed by atoms with Gasteiger partial charge in [-0.25, -0.2) is 4.79 Å². The number of amides is 2. The molecule has 2 N–H and O–H groups in total. The van der Waals surface area contributed by atoms with Gasteiger partial charge in [0.2, 0.25) is 0 Å². The molecule has 1 aromatic carbocycles. The lowest BCUT2D eigenvalue weighted by Crippen LogP contribution is -2.45. The molecule has 26 heavy (non-hydrogen) atoms. The number of rotatable bonds is 7. The summed E-state index contributed by atoms with van der Waals surface area (Å²) in [6, 6.07) is 7.61. The van der Waals surface area contributed by atoms with Gasteiger partial charge in [-0.3, -0.25) is 9.59 Å². The van der Waals surface area contributed by atoms with Crippen LogP contribution < -0.4 is 5.32 Å². The molecule has 2 rings (SSSR count). The summed E-state index contributed by atoms with van der Waals surface area (Å²) in [4.78, 5) is 36.8. The van der Waals surface area contributed by atoms with Crippen molar-refractivity contribution in [1.29, 1.82) is 0 Å². The number of benzene rings is 1. The number of Topliss-reactive ketones (excluding diaryl/α,β-unsaturated/α-hetero) is 1. The topological polar surface area (TPSA) is 86.7 Å². The molecule has 0 bridgehead atoms. The van der Waals surface area contributed by atoms with E-state index in [9.17, 15) is 14.4 Å². The fraction of sp³-hybridized carbons (Fsp3) is 0.550. The van der Waals surface area contributed by atoms with Crippen molar-refractivity contribution in [3.05, 3.63) is 35.4 Å². The van der Waals surface area contributed by atoms with Crippen molar-refractivity contribution in [2.75, 3.05) is 19.6 Å². The summed E-state index contributed by atoms with van der Waals surface area (Å²) < 4.78 is 0. The molecule has 0 aromatic heterocycles. The van der Waals surface area contributed by atoms with Crippen LogP contribution in [0.15, 0.2) is 24.3 Å². The fourth-order valence-electron chi connectivity index (χ4n) is 3.25. The van der Waals surface area contributed by atoms with E-state index in [4.69, 9.17) is 5.11 Å². The number of nitrogens with one attached hydrogen (secondary N) is 1. The summed E-state index contributed by atoms with van der Waals surface area (Å²) in [5, 5.41) is 11.2. The minimum Gasteiger partial charge on any atom is -0.481 e. The molecule has 1 aliphatic heterocycles. The summed E-state index contributed by atoms with van der Waals surface area (Å²) in [5.74, 6) is -0.266. The number of carboxylic acid groups (broad SMARTS) is 1. The van der Waals surface area contributed by atoms with Crippen molar-refractivity contribution in [3.8, 4) is 0 Å². The molecule has 1 saturated heterocycles. The average molecular weight is 360 g/mol. The first-order chi connectivity index (χ1) is 12.4. The summed E-state index contributed by atoms with van der Waals surface area (Å²) in [6.07, 6.45) is 2.19. The van der Waals surface area contributed by atoms with Crippen LogP contribution in [0.4, 0.5) is 4.79 Å². The van der Waals surface area contributed by atoms with E-state index in [1.54, 1.807) is 4.90 Å². The van der Waals surface area contributed by atoms with Crippen molar-refractivity contribution in [2.45, 2.75) is 39.5 Å². The Balaban J connectivity index is 1.82. The summed E-state index contributed by atoms with van der Waals surface area (Å²) in [6.45, 7) is 5.49. The monoisotopic (exact) mass is 360 g/mol. The van der Waals surface area contributed by atoms with Gasteiger partial charge in [-0.05, 0) is 30.7 Å². The number of urea groups is 1. The van der Waals surface area contributed by atoms with Gasteiger partial charge >= 0.3 is 12.0 Å². The van der Waals surface area contributed by atoms with Gasteiger partial charge in [0.25, 0.3) is 0 Å². The Morgan fingerprint density at radius 1 is 1.15 bits per heavy atom. The Hall–Kier alpha value is -2.37. The molecule has 0 aliphatic carbocycles. The van der Waals surface area contributed by atoms with Crippen molar-refractivity contribution < 1.29 is 19.5 Å². The number of carboxylic acids is 1. The third kappa shape index (κ3) is 5.86. The van der Waals surface area contributed by atoms with Crippen molar-refractivity contribution in [1.82, 2.24) is 10.2 Å². The number of aliphatic carboxylic acids is 1. The SMILES string of the molecule is CC(C)Cc1ccc(C(=O)C2CCN(C(=O)NCCC(=O)O)CC2)cc1. The van der Waals surface area contributed by atoms with Crippen LogP contribution in [0.3, 0.4) is 0 Å². The first-order valence-electron chi connectivity index (χ1n) is 9.24. The lowest BCUT2D eigenvalue weighted by atomic mass is 9.88. The molecule has 0 spiro atoms. The number of nitrogens with zero attached hydrogens (tertiary/aromatic N) is 1. The van der Waals surface area contributed by atoms with E-state index in [1.807, 2.05) is 24.3 Å². The summed E-state index contributed by atoms with van der Waals surface area (Å²) >= 11 is 0. The van der Waals surface area contributed by atoms with E-state index in [0.29, 0.717) is 31.8 Å². The van der Waals surface area contributed by atoms with Gasteiger partial charge in [0.15, 0.2) is 5.78 Å². The molecule has 0 unspecified atom stereocenters. The molecule has 0 radical (unpaired) electrons. The fourth-order valence-corrected chi connectivity index (χ4v) is 3.25. The number of hydrogen-bond donors (Lipinski definition) is 2. The zero-order chi connectivity index (χ0) is 19.1. The number of piperidine rings is 1. The van der Waals surface area contributed by atoms with Crippen LogP contribution in [-0.2, 0) is 11.2 Å². The number of ketones is 1. The molecule has 1 aromatic rings. The molecule has 1 heterocycles. The van der Waals surface area contributed by atoms with E-state index in [1.165, 1.54) is 5.56 Å². The van der Waals surface area contributed by atoms with Gasteiger partial charge < -0.3 is 15.3 Å². The summed E-state index contributed by atoms with van der Waals surface area (Å²) in [7, 11) is 0. The second kappa shape index (κ2) is 9.36. The highest BCUT2D eigenvalue weighted by atomic mass is 16.4. The normalized spacial score (nSPS) is 15.1. The van der Waals surface area contributed by atoms with Gasteiger partial charge in [-0.2, -0.15) is 0 Å². The number of carbonyl (C=O) groups is 3. The van der Waals surface area contributed by atoms with Gasteiger partial charge in [-0.15, -0.1) is 0 Å². The quantitative estimate of drug-likeness (QED) is 0.732. The number of carbonyl (C=O) groups excluding carboxylic acids is 2. The molecule has 142 valence electrons. The van der Waals surface area contributed by atoms with E-state index in [-0.39, 0.29) is 30.7 Å². The van der Waals surface area contributed by atoms with E-state index >= 15 is 0 Å². The van der Waals surface area contributed by atoms with Gasteiger partial charge in [0.05, 0.1) is 6.42 Å². The maximum absolute atomic E-state index is 12.7.